The maximum absolute atomic E-state index is 9.16. The molecule has 0 bridgehead atoms. The van der Waals surface area contributed by atoms with Crippen molar-refractivity contribution in [2.75, 3.05) is 5.32 Å². The molecule has 3 aromatic rings. The quantitative estimate of drug-likeness (QED) is 0.800. The molecule has 0 aliphatic rings. The number of hydrogen-bond acceptors (Lipinski definition) is 4. The fraction of sp³-hybridized carbons (Fsp3) is 0.118. The van der Waals surface area contributed by atoms with E-state index in [0.717, 1.165) is 11.3 Å². The summed E-state index contributed by atoms with van der Waals surface area (Å²) < 4.78 is 1.83. The lowest BCUT2D eigenvalue weighted by Gasteiger charge is -2.19. The van der Waals surface area contributed by atoms with Gasteiger partial charge < -0.3 is 5.32 Å². The predicted molar refractivity (Wildman–Crippen MR) is 84.6 cm³/mol. The summed E-state index contributed by atoms with van der Waals surface area (Å²) in [6.45, 7) is 2.04. The average Bonchev–Trinajstić information content (AvgIpc) is 3.09. The van der Waals surface area contributed by atoms with Gasteiger partial charge in [-0.3, -0.25) is 0 Å². The molecular formula is C17H15N5. The molecule has 22 heavy (non-hydrogen) atoms. The third-order valence-electron chi connectivity index (χ3n) is 3.44. The molecule has 0 spiro atoms. The van der Waals surface area contributed by atoms with Crippen LogP contribution < -0.4 is 5.32 Å². The number of anilines is 1. The Balaban J connectivity index is 1.94. The van der Waals surface area contributed by atoms with Crippen molar-refractivity contribution < 1.29 is 0 Å². The van der Waals surface area contributed by atoms with Gasteiger partial charge in [-0.1, -0.05) is 18.2 Å². The Bertz CT molecular complexity index is 802. The number of nitrogens with zero attached hydrogens (tertiary/aromatic N) is 4. The van der Waals surface area contributed by atoms with Gasteiger partial charge in [0, 0.05) is 18.6 Å². The zero-order valence-electron chi connectivity index (χ0n) is 12.1. The molecule has 2 heterocycles. The molecule has 0 amide bonds. The number of nitriles is 1. The lowest BCUT2D eigenvalue weighted by atomic mass is 10.1. The van der Waals surface area contributed by atoms with Gasteiger partial charge in [0.15, 0.2) is 0 Å². The van der Waals surface area contributed by atoms with Gasteiger partial charge in [-0.05, 0) is 36.8 Å². The number of para-hydroxylation sites is 1. The summed E-state index contributed by atoms with van der Waals surface area (Å²) in [4.78, 5) is 4.25. The summed E-state index contributed by atoms with van der Waals surface area (Å²) in [5, 5.41) is 16.8. The summed E-state index contributed by atoms with van der Waals surface area (Å²) in [5.41, 5.74) is 2.62. The smallest absolute Gasteiger partial charge is 0.144 e. The van der Waals surface area contributed by atoms with Gasteiger partial charge >= 0.3 is 0 Å². The van der Waals surface area contributed by atoms with Crippen LogP contribution in [0.25, 0.3) is 5.69 Å². The Kier molecular flexibility index (Phi) is 3.84. The van der Waals surface area contributed by atoms with Crippen LogP contribution in [0.2, 0.25) is 0 Å². The van der Waals surface area contributed by atoms with Crippen molar-refractivity contribution in [3.05, 3.63) is 72.2 Å². The first-order valence-corrected chi connectivity index (χ1v) is 7.00. The number of pyridine rings is 1. The molecule has 2 aromatic heterocycles. The van der Waals surface area contributed by atoms with Crippen molar-refractivity contribution in [1.29, 1.82) is 5.26 Å². The minimum Gasteiger partial charge on any atom is -0.362 e. The topological polar surface area (TPSA) is 66.5 Å². The lowest BCUT2D eigenvalue weighted by molar-refractivity contribution is 0.814. The highest BCUT2D eigenvalue weighted by Crippen LogP contribution is 2.25. The van der Waals surface area contributed by atoms with Gasteiger partial charge in [0.2, 0.25) is 0 Å². The molecule has 3 rings (SSSR count). The van der Waals surface area contributed by atoms with Crippen LogP contribution in [0.1, 0.15) is 24.1 Å². The second kappa shape index (κ2) is 6.10. The van der Waals surface area contributed by atoms with Crippen molar-refractivity contribution in [2.24, 2.45) is 0 Å². The summed E-state index contributed by atoms with van der Waals surface area (Å²) in [6, 6.07) is 15.6. The van der Waals surface area contributed by atoms with E-state index in [9.17, 15) is 0 Å². The van der Waals surface area contributed by atoms with Crippen LogP contribution in [-0.4, -0.2) is 14.8 Å². The van der Waals surface area contributed by atoms with E-state index in [0.29, 0.717) is 11.4 Å². The minimum absolute atomic E-state index is 0.0117. The van der Waals surface area contributed by atoms with E-state index in [-0.39, 0.29) is 6.04 Å². The maximum Gasteiger partial charge on any atom is 0.144 e. The molecule has 1 atom stereocenters. The van der Waals surface area contributed by atoms with Crippen LogP contribution >= 0.6 is 0 Å². The Labute approximate surface area is 128 Å². The van der Waals surface area contributed by atoms with E-state index in [1.54, 1.807) is 24.5 Å². The van der Waals surface area contributed by atoms with Crippen molar-refractivity contribution in [2.45, 2.75) is 13.0 Å². The van der Waals surface area contributed by atoms with Gasteiger partial charge in [0.25, 0.3) is 0 Å². The van der Waals surface area contributed by atoms with E-state index < -0.39 is 0 Å². The molecule has 108 valence electrons. The molecule has 5 heteroatoms. The normalized spacial score (nSPS) is 11.6. The molecule has 0 fully saturated rings. The van der Waals surface area contributed by atoms with Crippen LogP contribution in [0.15, 0.2) is 61.1 Å². The summed E-state index contributed by atoms with van der Waals surface area (Å²) >= 11 is 0. The Morgan fingerprint density at radius 3 is 2.77 bits per heavy atom. The summed E-state index contributed by atoms with van der Waals surface area (Å²) in [7, 11) is 0. The van der Waals surface area contributed by atoms with Crippen LogP contribution in [0.5, 0.6) is 0 Å². The summed E-state index contributed by atoms with van der Waals surface area (Å²) in [6.07, 6.45) is 5.34. The highest BCUT2D eigenvalue weighted by molar-refractivity contribution is 5.54. The fourth-order valence-corrected chi connectivity index (χ4v) is 2.37. The van der Waals surface area contributed by atoms with Crippen LogP contribution in [0.4, 0.5) is 5.82 Å². The van der Waals surface area contributed by atoms with Crippen LogP contribution in [0, 0.1) is 11.3 Å². The third kappa shape index (κ3) is 2.67. The Morgan fingerprint density at radius 1 is 1.14 bits per heavy atom. The van der Waals surface area contributed by atoms with Gasteiger partial charge in [-0.15, -0.1) is 0 Å². The maximum atomic E-state index is 9.16. The molecule has 1 unspecified atom stereocenters. The molecule has 0 saturated carbocycles. The van der Waals surface area contributed by atoms with E-state index in [2.05, 4.69) is 21.5 Å². The second-order valence-corrected chi connectivity index (χ2v) is 4.89. The third-order valence-corrected chi connectivity index (χ3v) is 3.44. The van der Waals surface area contributed by atoms with E-state index in [1.807, 2.05) is 48.1 Å². The van der Waals surface area contributed by atoms with E-state index >= 15 is 0 Å². The highest BCUT2D eigenvalue weighted by atomic mass is 15.3. The van der Waals surface area contributed by atoms with Crippen molar-refractivity contribution in [3.8, 4) is 11.8 Å². The number of nitrogens with one attached hydrogen (secondary N) is 1. The molecule has 0 aliphatic heterocycles. The zero-order chi connectivity index (χ0) is 15.4. The zero-order valence-corrected chi connectivity index (χ0v) is 12.1. The first-order valence-electron chi connectivity index (χ1n) is 7.00. The number of hydrogen-bond donors (Lipinski definition) is 1. The highest BCUT2D eigenvalue weighted by Gasteiger charge is 2.13. The monoisotopic (exact) mass is 289 g/mol. The Morgan fingerprint density at radius 2 is 2.00 bits per heavy atom. The standard InChI is InChI=1S/C17H15N5/c1-13(21-17-14(12-18)6-4-9-19-17)15-7-2-3-8-16(15)22-11-5-10-20-22/h2-11,13H,1H3,(H,19,21). The number of aromatic nitrogens is 3. The largest absolute Gasteiger partial charge is 0.362 e. The molecular weight excluding hydrogens is 274 g/mol. The second-order valence-electron chi connectivity index (χ2n) is 4.89. The number of benzene rings is 1. The molecule has 1 aromatic carbocycles. The molecule has 0 aliphatic carbocycles. The number of rotatable bonds is 4. The molecule has 0 saturated heterocycles. The van der Waals surface area contributed by atoms with Crippen molar-refractivity contribution >= 4 is 5.82 Å². The average molecular weight is 289 g/mol. The minimum atomic E-state index is -0.0117. The first-order chi connectivity index (χ1) is 10.8. The van der Waals surface area contributed by atoms with E-state index in [1.165, 1.54) is 0 Å². The van der Waals surface area contributed by atoms with Crippen LogP contribution in [-0.2, 0) is 0 Å². The predicted octanol–water partition coefficient (Wildman–Crippen LogP) is 3.31. The van der Waals surface area contributed by atoms with Gasteiger partial charge in [-0.25, -0.2) is 9.67 Å². The van der Waals surface area contributed by atoms with E-state index in [4.69, 9.17) is 5.26 Å². The SMILES string of the molecule is CC(Nc1ncccc1C#N)c1ccccc1-n1cccn1. The van der Waals surface area contributed by atoms with Crippen molar-refractivity contribution in [3.63, 3.8) is 0 Å². The van der Waals surface area contributed by atoms with Gasteiger partial charge in [0.1, 0.15) is 11.9 Å². The Hall–Kier alpha value is -3.13. The van der Waals surface area contributed by atoms with Gasteiger partial charge in [0.05, 0.1) is 17.3 Å². The van der Waals surface area contributed by atoms with Gasteiger partial charge in [-0.2, -0.15) is 10.4 Å². The summed E-state index contributed by atoms with van der Waals surface area (Å²) in [5.74, 6) is 0.591. The van der Waals surface area contributed by atoms with Crippen molar-refractivity contribution in [1.82, 2.24) is 14.8 Å². The first kappa shape index (κ1) is 13.8. The lowest BCUT2D eigenvalue weighted by Crippen LogP contribution is -2.12. The van der Waals surface area contributed by atoms with Crippen LogP contribution in [0.3, 0.4) is 0 Å². The molecule has 0 radical (unpaired) electrons. The molecule has 1 N–H and O–H groups in total. The fourth-order valence-electron chi connectivity index (χ4n) is 2.37. The molecule has 5 nitrogen and oxygen atoms in total.